The molecule has 6 nitrogen and oxygen atoms in total. The molecule has 27 heavy (non-hydrogen) atoms. The van der Waals surface area contributed by atoms with Gasteiger partial charge in [-0.05, 0) is 45.4 Å². The van der Waals surface area contributed by atoms with Crippen LogP contribution in [-0.4, -0.2) is 44.8 Å². The van der Waals surface area contributed by atoms with E-state index in [-0.39, 0.29) is 17.5 Å². The zero-order chi connectivity index (χ0) is 19.0. The molecule has 1 fully saturated rings. The van der Waals surface area contributed by atoms with E-state index in [4.69, 9.17) is 4.98 Å². The van der Waals surface area contributed by atoms with Crippen molar-refractivity contribution in [2.24, 2.45) is 5.92 Å². The smallest absolute Gasteiger partial charge is 0.255 e. The molecule has 4 rings (SSSR count). The summed E-state index contributed by atoms with van der Waals surface area (Å²) in [6, 6.07) is 0.341. The largest absolute Gasteiger partial charge is 0.332 e. The molecule has 146 valence electrons. The molecule has 1 saturated heterocycles. The first-order valence-corrected chi connectivity index (χ1v) is 10.3. The molecular weight excluding hydrogens is 340 g/mol. The highest BCUT2D eigenvalue weighted by Gasteiger charge is 2.34. The van der Waals surface area contributed by atoms with Crippen molar-refractivity contribution >= 4 is 5.91 Å². The Balaban J connectivity index is 1.54. The van der Waals surface area contributed by atoms with Gasteiger partial charge in [0.25, 0.3) is 5.56 Å². The predicted octanol–water partition coefficient (Wildman–Crippen LogP) is 2.56. The first-order valence-electron chi connectivity index (χ1n) is 10.3. The molecule has 0 unspecified atom stereocenters. The normalized spacial score (nSPS) is 25.4. The van der Waals surface area contributed by atoms with Crippen LogP contribution in [0, 0.1) is 5.92 Å². The molecule has 1 N–H and O–H groups in total. The lowest BCUT2D eigenvalue weighted by Crippen LogP contribution is -2.40. The second-order valence-corrected chi connectivity index (χ2v) is 8.41. The Hall–Kier alpha value is -1.95. The Morgan fingerprint density at radius 1 is 1.33 bits per heavy atom. The summed E-state index contributed by atoms with van der Waals surface area (Å²) < 4.78 is 0. The van der Waals surface area contributed by atoms with Crippen LogP contribution in [0.25, 0.3) is 0 Å². The fraction of sp³-hybridized carbons (Fsp3) is 0.667. The average Bonchev–Trinajstić information content (AvgIpc) is 3.32. The molecule has 0 bridgehead atoms. The topological polar surface area (TPSA) is 69.3 Å². The minimum Gasteiger partial charge on any atom is -0.332 e. The number of rotatable bonds is 4. The van der Waals surface area contributed by atoms with Crippen LogP contribution in [0.3, 0.4) is 0 Å². The molecule has 0 saturated carbocycles. The van der Waals surface area contributed by atoms with Gasteiger partial charge >= 0.3 is 0 Å². The van der Waals surface area contributed by atoms with Crippen LogP contribution in [-0.2, 0) is 17.8 Å². The van der Waals surface area contributed by atoms with E-state index in [0.717, 1.165) is 56.5 Å². The van der Waals surface area contributed by atoms with E-state index < -0.39 is 0 Å². The number of hydrogen-bond acceptors (Lipinski definition) is 4. The first-order chi connectivity index (χ1) is 13.0. The fourth-order valence-electron chi connectivity index (χ4n) is 4.62. The number of likely N-dealkylation sites (tertiary alicyclic amines) is 1. The van der Waals surface area contributed by atoms with Crippen LogP contribution in [0.2, 0.25) is 0 Å². The van der Waals surface area contributed by atoms with E-state index in [0.29, 0.717) is 30.7 Å². The number of amides is 1. The predicted molar refractivity (Wildman–Crippen MR) is 104 cm³/mol. The van der Waals surface area contributed by atoms with Crippen molar-refractivity contribution in [1.29, 1.82) is 0 Å². The van der Waals surface area contributed by atoms with Crippen LogP contribution in [0.15, 0.2) is 16.9 Å². The Kier molecular flexibility index (Phi) is 5.17. The van der Waals surface area contributed by atoms with Crippen molar-refractivity contribution in [1.82, 2.24) is 19.8 Å². The number of nitrogens with zero attached hydrogens (tertiary/aromatic N) is 3. The maximum absolute atomic E-state index is 12.8. The fourth-order valence-corrected chi connectivity index (χ4v) is 4.62. The minimum atomic E-state index is -0.0796. The van der Waals surface area contributed by atoms with Crippen LogP contribution in [0.1, 0.15) is 69.1 Å². The number of aromatic nitrogens is 2. The molecule has 1 amide bonds. The molecule has 1 aromatic heterocycles. The van der Waals surface area contributed by atoms with Crippen LogP contribution >= 0.6 is 0 Å². The van der Waals surface area contributed by atoms with Crippen molar-refractivity contribution in [2.45, 2.75) is 71.0 Å². The molecular formula is C21H30N4O2. The number of fused-ring (bicyclic) bond motifs is 1. The third-order valence-electron chi connectivity index (χ3n) is 6.28. The van der Waals surface area contributed by atoms with Gasteiger partial charge in [-0.25, -0.2) is 4.98 Å². The average molecular weight is 370 g/mol. The summed E-state index contributed by atoms with van der Waals surface area (Å²) in [5.74, 6) is 1.25. The number of H-pyrrole nitrogens is 1. The van der Waals surface area contributed by atoms with Gasteiger partial charge in [-0.15, -0.1) is 0 Å². The number of hydrogen-bond donors (Lipinski definition) is 1. The highest BCUT2D eigenvalue weighted by molar-refractivity contribution is 5.77. The monoisotopic (exact) mass is 370 g/mol. The van der Waals surface area contributed by atoms with Gasteiger partial charge in [-0.2, -0.15) is 0 Å². The highest BCUT2D eigenvalue weighted by Crippen LogP contribution is 2.32. The third-order valence-corrected chi connectivity index (χ3v) is 6.28. The second kappa shape index (κ2) is 7.58. The van der Waals surface area contributed by atoms with Gasteiger partial charge in [0.1, 0.15) is 5.82 Å². The lowest BCUT2D eigenvalue weighted by molar-refractivity contribution is -0.133. The van der Waals surface area contributed by atoms with E-state index in [1.54, 1.807) is 0 Å². The maximum Gasteiger partial charge on any atom is 0.255 e. The minimum absolute atomic E-state index is 0.0293. The molecule has 3 aliphatic rings. The first kappa shape index (κ1) is 18.4. The summed E-state index contributed by atoms with van der Waals surface area (Å²) in [6.07, 6.45) is 9.72. The SMILES string of the molecule is CC(C)N1CCc2nc([C@H]3CCCN3C(=O)C[C@H]3C=CCC3)[nH]c(=O)c2C1. The van der Waals surface area contributed by atoms with Crippen molar-refractivity contribution < 1.29 is 4.79 Å². The molecule has 6 heteroatoms. The van der Waals surface area contributed by atoms with Crippen molar-refractivity contribution in [3.8, 4) is 0 Å². The summed E-state index contributed by atoms with van der Waals surface area (Å²) >= 11 is 0. The molecule has 0 spiro atoms. The number of carbonyl (C=O) groups excluding carboxylic acids is 1. The Bertz CT molecular complexity index is 798. The summed E-state index contributed by atoms with van der Waals surface area (Å²) in [5.41, 5.74) is 1.69. The third kappa shape index (κ3) is 3.72. The standard InChI is InChI=1S/C21H30N4O2/c1-14(2)24-11-9-17-16(13-24)21(27)23-20(22-17)18-8-5-10-25(18)19(26)12-15-6-3-4-7-15/h3,6,14-15,18H,4-5,7-13H2,1-2H3,(H,22,23,27)/t15-,18+/m0/s1. The van der Waals surface area contributed by atoms with Gasteiger partial charge in [0.15, 0.2) is 0 Å². The van der Waals surface area contributed by atoms with Gasteiger partial charge < -0.3 is 9.88 Å². The van der Waals surface area contributed by atoms with E-state index in [1.807, 2.05) is 4.90 Å². The van der Waals surface area contributed by atoms with Gasteiger partial charge in [-0.1, -0.05) is 12.2 Å². The van der Waals surface area contributed by atoms with E-state index in [9.17, 15) is 9.59 Å². The summed E-state index contributed by atoms with van der Waals surface area (Å²) in [7, 11) is 0. The number of aromatic amines is 1. The van der Waals surface area contributed by atoms with E-state index in [1.165, 1.54) is 0 Å². The molecule has 2 aliphatic heterocycles. The van der Waals surface area contributed by atoms with Crippen LogP contribution < -0.4 is 5.56 Å². The quantitative estimate of drug-likeness (QED) is 0.827. The highest BCUT2D eigenvalue weighted by atomic mass is 16.2. The molecule has 2 atom stereocenters. The van der Waals surface area contributed by atoms with Crippen LogP contribution in [0.5, 0.6) is 0 Å². The molecule has 1 aliphatic carbocycles. The van der Waals surface area contributed by atoms with E-state index in [2.05, 4.69) is 35.9 Å². The second-order valence-electron chi connectivity index (χ2n) is 8.41. The molecule has 0 aromatic carbocycles. The molecule has 0 radical (unpaired) electrons. The zero-order valence-corrected chi connectivity index (χ0v) is 16.4. The Morgan fingerprint density at radius 2 is 2.19 bits per heavy atom. The van der Waals surface area contributed by atoms with Crippen molar-refractivity contribution in [2.75, 3.05) is 13.1 Å². The van der Waals surface area contributed by atoms with Gasteiger partial charge in [0.2, 0.25) is 5.91 Å². The van der Waals surface area contributed by atoms with Gasteiger partial charge in [0.05, 0.1) is 17.3 Å². The van der Waals surface area contributed by atoms with Gasteiger partial charge in [0, 0.05) is 38.5 Å². The zero-order valence-electron chi connectivity index (χ0n) is 16.4. The van der Waals surface area contributed by atoms with E-state index >= 15 is 0 Å². The number of allylic oxidation sites excluding steroid dienone is 2. The Morgan fingerprint density at radius 3 is 2.93 bits per heavy atom. The molecule has 1 aromatic rings. The summed E-state index contributed by atoms with van der Waals surface area (Å²) in [6.45, 7) is 6.67. The van der Waals surface area contributed by atoms with Gasteiger partial charge in [-0.3, -0.25) is 14.5 Å². The molecule has 3 heterocycles. The number of nitrogens with one attached hydrogen (secondary N) is 1. The summed E-state index contributed by atoms with van der Waals surface area (Å²) in [4.78, 5) is 37.7. The van der Waals surface area contributed by atoms with Crippen LogP contribution in [0.4, 0.5) is 0 Å². The Labute approximate surface area is 160 Å². The number of carbonyl (C=O) groups is 1. The lowest BCUT2D eigenvalue weighted by atomic mass is 10.0. The van der Waals surface area contributed by atoms with Crippen molar-refractivity contribution in [3.63, 3.8) is 0 Å². The maximum atomic E-state index is 12.8. The summed E-state index contributed by atoms with van der Waals surface area (Å²) in [5, 5.41) is 0. The van der Waals surface area contributed by atoms with Crippen molar-refractivity contribution in [3.05, 3.63) is 39.6 Å². The lowest BCUT2D eigenvalue weighted by Gasteiger charge is -2.31.